The van der Waals surface area contributed by atoms with Crippen LogP contribution in [0.1, 0.15) is 11.9 Å². The Morgan fingerprint density at radius 2 is 2.19 bits per heavy atom. The smallest absolute Gasteiger partial charge is 0.319 e. The summed E-state index contributed by atoms with van der Waals surface area (Å²) in [5.74, 6) is 1.56. The number of nitrogens with zero attached hydrogens (tertiary/aromatic N) is 3. The molecule has 4 rings (SSSR count). The van der Waals surface area contributed by atoms with E-state index in [0.29, 0.717) is 25.4 Å². The number of nitrogens with one attached hydrogen (secondary N) is 2. The first-order valence-corrected chi connectivity index (χ1v) is 8.33. The molecular formula is C18H19N5O3. The van der Waals surface area contributed by atoms with E-state index < -0.39 is 0 Å². The zero-order valence-electron chi connectivity index (χ0n) is 14.3. The zero-order chi connectivity index (χ0) is 17.9. The molecule has 0 unspecified atom stereocenters. The molecule has 1 aliphatic rings. The minimum Gasteiger partial charge on any atom is -0.497 e. The molecule has 8 nitrogen and oxygen atoms in total. The molecule has 1 aliphatic heterocycles. The highest BCUT2D eigenvalue weighted by Gasteiger charge is 2.25. The van der Waals surface area contributed by atoms with E-state index in [0.717, 1.165) is 22.7 Å². The summed E-state index contributed by atoms with van der Waals surface area (Å²) in [6.07, 6.45) is 1.74. The van der Waals surface area contributed by atoms with Crippen LogP contribution in [-0.4, -0.2) is 40.8 Å². The maximum absolute atomic E-state index is 12.2. The number of rotatable bonds is 4. The van der Waals surface area contributed by atoms with E-state index in [1.165, 1.54) is 0 Å². The van der Waals surface area contributed by atoms with Crippen LogP contribution in [0.15, 0.2) is 42.6 Å². The van der Waals surface area contributed by atoms with Crippen LogP contribution in [0.3, 0.4) is 0 Å². The summed E-state index contributed by atoms with van der Waals surface area (Å²) >= 11 is 0. The number of carbonyl (C=O) groups is 1. The van der Waals surface area contributed by atoms with Crippen molar-refractivity contribution in [2.75, 3.05) is 25.6 Å². The van der Waals surface area contributed by atoms with Crippen LogP contribution in [0.4, 0.5) is 10.5 Å². The Hall–Kier alpha value is -3.13. The summed E-state index contributed by atoms with van der Waals surface area (Å²) in [6.45, 7) is 1.36. The molecule has 1 aromatic carbocycles. The van der Waals surface area contributed by atoms with Gasteiger partial charge in [-0.3, -0.25) is 0 Å². The second kappa shape index (κ2) is 7.01. The van der Waals surface area contributed by atoms with Gasteiger partial charge in [0.15, 0.2) is 5.65 Å². The predicted octanol–water partition coefficient (Wildman–Crippen LogP) is 2.33. The van der Waals surface area contributed by atoms with Crippen molar-refractivity contribution < 1.29 is 14.3 Å². The minimum atomic E-state index is -0.278. The molecule has 2 N–H and O–H groups in total. The van der Waals surface area contributed by atoms with Gasteiger partial charge in [0.25, 0.3) is 0 Å². The van der Waals surface area contributed by atoms with Crippen molar-refractivity contribution in [1.82, 2.24) is 19.9 Å². The van der Waals surface area contributed by atoms with Gasteiger partial charge in [-0.05, 0) is 36.4 Å². The van der Waals surface area contributed by atoms with Gasteiger partial charge < -0.3 is 24.7 Å². The van der Waals surface area contributed by atoms with E-state index in [4.69, 9.17) is 9.47 Å². The fraction of sp³-hybridized carbons (Fsp3) is 0.278. The quantitative estimate of drug-likeness (QED) is 0.751. The number of aromatic nitrogens is 3. The Morgan fingerprint density at radius 3 is 3.00 bits per heavy atom. The number of benzene rings is 1. The lowest BCUT2D eigenvalue weighted by atomic mass is 10.2. The number of carbonyl (C=O) groups excluding carboxylic acids is 1. The third kappa shape index (κ3) is 3.18. The molecule has 3 heterocycles. The van der Waals surface area contributed by atoms with Crippen LogP contribution >= 0.6 is 0 Å². The third-order valence-electron chi connectivity index (χ3n) is 4.27. The molecule has 8 heteroatoms. The molecular weight excluding hydrogens is 334 g/mol. The van der Waals surface area contributed by atoms with Crippen molar-refractivity contribution in [2.45, 2.75) is 12.6 Å². The first-order valence-electron chi connectivity index (χ1n) is 8.33. The Bertz CT molecular complexity index is 922. The molecule has 0 radical (unpaired) electrons. The molecule has 0 saturated heterocycles. The first kappa shape index (κ1) is 16.3. The van der Waals surface area contributed by atoms with Gasteiger partial charge in [-0.2, -0.15) is 0 Å². The molecule has 2 aromatic heterocycles. The second-order valence-electron chi connectivity index (χ2n) is 5.98. The van der Waals surface area contributed by atoms with Crippen molar-refractivity contribution in [1.29, 1.82) is 0 Å². The van der Waals surface area contributed by atoms with E-state index in [-0.39, 0.29) is 12.1 Å². The summed E-state index contributed by atoms with van der Waals surface area (Å²) in [7, 11) is 1.60. The van der Waals surface area contributed by atoms with Gasteiger partial charge >= 0.3 is 6.03 Å². The fourth-order valence-electron chi connectivity index (χ4n) is 3.03. The van der Waals surface area contributed by atoms with Crippen LogP contribution in [0.25, 0.3) is 11.2 Å². The van der Waals surface area contributed by atoms with Gasteiger partial charge in [0.1, 0.15) is 23.7 Å². The molecule has 3 aromatic rings. The van der Waals surface area contributed by atoms with Crippen molar-refractivity contribution in [3.05, 3.63) is 48.4 Å². The molecule has 0 bridgehead atoms. The normalized spacial score (nSPS) is 16.1. The van der Waals surface area contributed by atoms with Crippen LogP contribution in [0, 0.1) is 0 Å². The van der Waals surface area contributed by atoms with Crippen LogP contribution in [-0.2, 0) is 11.3 Å². The number of ether oxygens (including phenoxy) is 2. The van der Waals surface area contributed by atoms with Crippen LogP contribution < -0.4 is 15.4 Å². The number of anilines is 1. The number of hydrogen-bond acceptors (Lipinski definition) is 5. The molecule has 1 atom stereocenters. The Balaban J connectivity index is 1.43. The zero-order valence-corrected chi connectivity index (χ0v) is 14.3. The largest absolute Gasteiger partial charge is 0.497 e. The number of hydrogen-bond donors (Lipinski definition) is 2. The lowest BCUT2D eigenvalue weighted by Crippen LogP contribution is -2.37. The van der Waals surface area contributed by atoms with Crippen molar-refractivity contribution >= 4 is 22.9 Å². The summed E-state index contributed by atoms with van der Waals surface area (Å²) in [5, 5.41) is 5.69. The molecule has 0 spiro atoms. The number of urea groups is 1. The van der Waals surface area contributed by atoms with Gasteiger partial charge in [0, 0.05) is 18.4 Å². The highest BCUT2D eigenvalue weighted by Crippen LogP contribution is 2.24. The summed E-state index contributed by atoms with van der Waals surface area (Å²) < 4.78 is 12.8. The lowest BCUT2D eigenvalue weighted by molar-refractivity contribution is 0.0571. The number of amides is 2. The predicted molar refractivity (Wildman–Crippen MR) is 96.2 cm³/mol. The fourth-order valence-corrected chi connectivity index (χ4v) is 3.03. The summed E-state index contributed by atoms with van der Waals surface area (Å²) in [4.78, 5) is 21.2. The van der Waals surface area contributed by atoms with Gasteiger partial charge in [-0.1, -0.05) is 0 Å². The van der Waals surface area contributed by atoms with E-state index in [1.54, 1.807) is 37.6 Å². The maximum atomic E-state index is 12.2. The van der Waals surface area contributed by atoms with E-state index in [2.05, 4.69) is 20.6 Å². The van der Waals surface area contributed by atoms with E-state index in [9.17, 15) is 4.79 Å². The molecule has 0 saturated carbocycles. The molecule has 0 aliphatic carbocycles. The molecule has 0 fully saturated rings. The minimum absolute atomic E-state index is 0.0553. The summed E-state index contributed by atoms with van der Waals surface area (Å²) in [6, 6.07) is 10.6. The first-order chi connectivity index (χ1) is 12.7. The molecule has 134 valence electrons. The standard InChI is InChI=1S/C18H19N5O3/c1-25-14-6-4-12(5-7-14)21-18(24)20-9-13-10-26-11-16-22-15-3-2-8-19-17(15)23(13)16/h2-8,13H,9-11H2,1H3,(H2,20,21,24)/t13-/m0/s1. The van der Waals surface area contributed by atoms with Gasteiger partial charge in [-0.15, -0.1) is 0 Å². The SMILES string of the molecule is COc1ccc(NC(=O)NC[C@H]2COCc3nc4cccnc4n32)cc1. The highest BCUT2D eigenvalue weighted by atomic mass is 16.5. The number of methoxy groups -OCH3 is 1. The molecule has 2 amide bonds. The Labute approximate surface area is 150 Å². The van der Waals surface area contributed by atoms with Gasteiger partial charge in [0.2, 0.25) is 0 Å². The van der Waals surface area contributed by atoms with Crippen molar-refractivity contribution in [2.24, 2.45) is 0 Å². The number of fused-ring (bicyclic) bond motifs is 3. The summed E-state index contributed by atoms with van der Waals surface area (Å²) in [5.41, 5.74) is 2.34. The lowest BCUT2D eigenvalue weighted by Gasteiger charge is -2.25. The highest BCUT2D eigenvalue weighted by molar-refractivity contribution is 5.89. The second-order valence-corrected chi connectivity index (χ2v) is 5.98. The monoisotopic (exact) mass is 353 g/mol. The topological polar surface area (TPSA) is 90.3 Å². The van der Waals surface area contributed by atoms with E-state index >= 15 is 0 Å². The van der Waals surface area contributed by atoms with Gasteiger partial charge in [0.05, 0.1) is 19.8 Å². The Kier molecular flexibility index (Phi) is 4.40. The average molecular weight is 353 g/mol. The van der Waals surface area contributed by atoms with Crippen molar-refractivity contribution in [3.63, 3.8) is 0 Å². The maximum Gasteiger partial charge on any atom is 0.319 e. The van der Waals surface area contributed by atoms with Crippen LogP contribution in [0.2, 0.25) is 0 Å². The molecule has 26 heavy (non-hydrogen) atoms. The van der Waals surface area contributed by atoms with Crippen molar-refractivity contribution in [3.8, 4) is 5.75 Å². The van der Waals surface area contributed by atoms with Crippen LogP contribution in [0.5, 0.6) is 5.75 Å². The average Bonchev–Trinajstić information content (AvgIpc) is 3.06. The number of imidazole rings is 1. The van der Waals surface area contributed by atoms with E-state index in [1.807, 2.05) is 16.7 Å². The van der Waals surface area contributed by atoms with Gasteiger partial charge in [-0.25, -0.2) is 14.8 Å². The number of pyridine rings is 1. The Morgan fingerprint density at radius 1 is 1.35 bits per heavy atom. The third-order valence-corrected chi connectivity index (χ3v) is 4.27.